The van der Waals surface area contributed by atoms with Gasteiger partial charge in [0.05, 0.1) is 22.4 Å². The number of benzene rings is 2. The summed E-state index contributed by atoms with van der Waals surface area (Å²) in [5.74, 6) is 0.241. The van der Waals surface area contributed by atoms with E-state index in [9.17, 15) is 9.18 Å². The predicted octanol–water partition coefficient (Wildman–Crippen LogP) is 4.34. The van der Waals surface area contributed by atoms with Crippen molar-refractivity contribution in [2.24, 2.45) is 0 Å². The van der Waals surface area contributed by atoms with Crippen molar-refractivity contribution in [3.63, 3.8) is 0 Å². The third kappa shape index (κ3) is 3.68. The molecule has 0 aliphatic carbocycles. The molecule has 0 atom stereocenters. The molecule has 3 rings (SSSR count). The number of thioether (sulfide) groups is 1. The molecule has 0 spiro atoms. The number of hydrogen-bond donors (Lipinski definition) is 0. The van der Waals surface area contributed by atoms with Crippen molar-refractivity contribution < 1.29 is 9.18 Å². The molecule has 0 aliphatic heterocycles. The van der Waals surface area contributed by atoms with Crippen molar-refractivity contribution in [2.75, 3.05) is 5.75 Å². The lowest BCUT2D eigenvalue weighted by Crippen LogP contribution is -2.05. The minimum Gasteiger partial charge on any atom is -0.298 e. The summed E-state index contributed by atoms with van der Waals surface area (Å²) in [7, 11) is 0. The van der Waals surface area contributed by atoms with E-state index in [1.54, 1.807) is 23.5 Å². The first-order chi connectivity index (χ1) is 10.2. The molecule has 2 nitrogen and oxygen atoms in total. The van der Waals surface area contributed by atoms with Gasteiger partial charge < -0.3 is 0 Å². The number of halogens is 1. The van der Waals surface area contributed by atoms with E-state index in [0.717, 1.165) is 20.1 Å². The van der Waals surface area contributed by atoms with Crippen LogP contribution in [0, 0.1) is 5.82 Å². The zero-order chi connectivity index (χ0) is 14.7. The van der Waals surface area contributed by atoms with Crippen LogP contribution in [0.2, 0.25) is 0 Å². The number of Topliss-reactive ketones (excluding diaryl/α,β-unsaturated/α-hetero) is 1. The van der Waals surface area contributed by atoms with Gasteiger partial charge >= 0.3 is 0 Å². The maximum Gasteiger partial charge on any atom is 0.149 e. The lowest BCUT2D eigenvalue weighted by atomic mass is 10.3. The first kappa shape index (κ1) is 14.2. The van der Waals surface area contributed by atoms with Gasteiger partial charge in [0.25, 0.3) is 0 Å². The van der Waals surface area contributed by atoms with Crippen LogP contribution in [-0.2, 0) is 11.2 Å². The quantitative estimate of drug-likeness (QED) is 0.656. The number of hydrogen-bond acceptors (Lipinski definition) is 4. The molecule has 0 fully saturated rings. The second-order valence-electron chi connectivity index (χ2n) is 4.53. The average molecular weight is 317 g/mol. The van der Waals surface area contributed by atoms with Crippen LogP contribution in [0.1, 0.15) is 5.01 Å². The summed E-state index contributed by atoms with van der Waals surface area (Å²) in [5.41, 5.74) is 0.941. The minimum absolute atomic E-state index is 0.128. The molecule has 0 aliphatic rings. The van der Waals surface area contributed by atoms with Crippen LogP contribution in [0.3, 0.4) is 0 Å². The van der Waals surface area contributed by atoms with Crippen LogP contribution in [0.25, 0.3) is 10.2 Å². The van der Waals surface area contributed by atoms with E-state index in [1.165, 1.54) is 23.9 Å². The highest BCUT2D eigenvalue weighted by molar-refractivity contribution is 8.00. The number of carbonyl (C=O) groups is 1. The van der Waals surface area contributed by atoms with Crippen LogP contribution in [0.15, 0.2) is 53.4 Å². The van der Waals surface area contributed by atoms with Crippen molar-refractivity contribution in [1.29, 1.82) is 0 Å². The van der Waals surface area contributed by atoms with E-state index in [-0.39, 0.29) is 11.6 Å². The Balaban J connectivity index is 1.59. The molecule has 0 bridgehead atoms. The summed E-state index contributed by atoms with van der Waals surface area (Å²) in [6.07, 6.45) is 0.355. The summed E-state index contributed by atoms with van der Waals surface area (Å²) < 4.78 is 13.9. The molecule has 0 radical (unpaired) electrons. The number of fused-ring (bicyclic) bond motifs is 1. The second-order valence-corrected chi connectivity index (χ2v) is 6.70. The third-order valence-corrected chi connectivity index (χ3v) is 5.01. The number of ketones is 1. The second kappa shape index (κ2) is 6.37. The lowest BCUT2D eigenvalue weighted by molar-refractivity contribution is -0.115. The van der Waals surface area contributed by atoms with Crippen LogP contribution in [-0.4, -0.2) is 16.5 Å². The third-order valence-electron chi connectivity index (χ3n) is 2.90. The van der Waals surface area contributed by atoms with Gasteiger partial charge in [-0.3, -0.25) is 4.79 Å². The zero-order valence-corrected chi connectivity index (χ0v) is 12.7. The van der Waals surface area contributed by atoms with E-state index in [1.807, 2.05) is 24.3 Å². The average Bonchev–Trinajstić information content (AvgIpc) is 2.88. The molecule has 0 N–H and O–H groups in total. The van der Waals surface area contributed by atoms with Gasteiger partial charge in [-0.05, 0) is 36.4 Å². The number of para-hydroxylation sites is 1. The molecule has 1 heterocycles. The Labute approximate surface area is 130 Å². The largest absolute Gasteiger partial charge is 0.298 e. The normalized spacial score (nSPS) is 10.9. The van der Waals surface area contributed by atoms with E-state index in [2.05, 4.69) is 4.98 Å². The van der Waals surface area contributed by atoms with E-state index in [4.69, 9.17) is 0 Å². The number of carbonyl (C=O) groups excluding carboxylic acids is 1. The molecular weight excluding hydrogens is 305 g/mol. The topological polar surface area (TPSA) is 30.0 Å². The number of aromatic nitrogens is 1. The van der Waals surface area contributed by atoms with E-state index in [0.29, 0.717) is 12.2 Å². The number of nitrogens with zero attached hydrogens (tertiary/aromatic N) is 1. The van der Waals surface area contributed by atoms with Gasteiger partial charge in [0.15, 0.2) is 0 Å². The van der Waals surface area contributed by atoms with Gasteiger partial charge in [0.2, 0.25) is 0 Å². The SMILES string of the molecule is O=C(CSc1ccc(F)cc1)Cc1nc2ccccc2s1. The summed E-state index contributed by atoms with van der Waals surface area (Å²) in [5, 5.41) is 0.848. The molecule has 0 unspecified atom stereocenters. The molecule has 0 saturated carbocycles. The van der Waals surface area contributed by atoms with Crippen LogP contribution >= 0.6 is 23.1 Å². The first-order valence-corrected chi connectivity index (χ1v) is 8.25. The summed E-state index contributed by atoms with van der Waals surface area (Å²) in [4.78, 5) is 17.4. The minimum atomic E-state index is -0.264. The Morgan fingerprint density at radius 2 is 1.90 bits per heavy atom. The van der Waals surface area contributed by atoms with E-state index < -0.39 is 0 Å². The molecule has 21 heavy (non-hydrogen) atoms. The maximum absolute atomic E-state index is 12.8. The molecule has 0 amide bonds. The maximum atomic E-state index is 12.8. The number of thiazole rings is 1. The Kier molecular flexibility index (Phi) is 4.31. The van der Waals surface area contributed by atoms with Crippen LogP contribution in [0.4, 0.5) is 4.39 Å². The Morgan fingerprint density at radius 3 is 2.67 bits per heavy atom. The Bertz CT molecular complexity index is 734. The Morgan fingerprint density at radius 1 is 1.14 bits per heavy atom. The van der Waals surface area contributed by atoms with Crippen molar-refractivity contribution in [3.05, 3.63) is 59.4 Å². The predicted molar refractivity (Wildman–Crippen MR) is 85.5 cm³/mol. The molecule has 2 aromatic carbocycles. The smallest absolute Gasteiger partial charge is 0.149 e. The molecule has 1 aromatic heterocycles. The molecule has 5 heteroatoms. The molecule has 0 saturated heterocycles. The zero-order valence-electron chi connectivity index (χ0n) is 11.1. The lowest BCUT2D eigenvalue weighted by Gasteiger charge is -2.00. The van der Waals surface area contributed by atoms with Gasteiger partial charge in [-0.15, -0.1) is 23.1 Å². The summed E-state index contributed by atoms with van der Waals surface area (Å²) in [6, 6.07) is 14.0. The molecule has 106 valence electrons. The van der Waals surface area contributed by atoms with Crippen molar-refractivity contribution in [1.82, 2.24) is 4.98 Å². The van der Waals surface area contributed by atoms with Crippen LogP contribution < -0.4 is 0 Å². The fourth-order valence-electron chi connectivity index (χ4n) is 1.91. The van der Waals surface area contributed by atoms with Crippen LogP contribution in [0.5, 0.6) is 0 Å². The fourth-order valence-corrected chi connectivity index (χ4v) is 3.66. The fraction of sp³-hybridized carbons (Fsp3) is 0.125. The highest BCUT2D eigenvalue weighted by Gasteiger charge is 2.09. The molecule has 3 aromatic rings. The monoisotopic (exact) mass is 317 g/mol. The highest BCUT2D eigenvalue weighted by Crippen LogP contribution is 2.23. The Hall–Kier alpha value is -1.72. The summed E-state index contributed by atoms with van der Waals surface area (Å²) >= 11 is 2.98. The highest BCUT2D eigenvalue weighted by atomic mass is 32.2. The van der Waals surface area contributed by atoms with Crippen molar-refractivity contribution >= 4 is 39.1 Å². The van der Waals surface area contributed by atoms with Gasteiger partial charge in [0, 0.05) is 4.90 Å². The van der Waals surface area contributed by atoms with Crippen molar-refractivity contribution in [3.8, 4) is 0 Å². The summed E-state index contributed by atoms with van der Waals surface area (Å²) in [6.45, 7) is 0. The molecular formula is C16H12FNOS2. The van der Waals surface area contributed by atoms with Gasteiger partial charge in [0.1, 0.15) is 16.6 Å². The van der Waals surface area contributed by atoms with Gasteiger partial charge in [-0.2, -0.15) is 0 Å². The van der Waals surface area contributed by atoms with Crippen molar-refractivity contribution in [2.45, 2.75) is 11.3 Å². The van der Waals surface area contributed by atoms with Gasteiger partial charge in [-0.25, -0.2) is 9.37 Å². The standard InChI is InChI=1S/C16H12FNOS2/c17-11-5-7-13(8-6-11)20-10-12(19)9-16-18-14-3-1-2-4-15(14)21-16/h1-8H,9-10H2. The van der Waals surface area contributed by atoms with Gasteiger partial charge in [-0.1, -0.05) is 12.1 Å². The number of rotatable bonds is 5. The first-order valence-electron chi connectivity index (χ1n) is 6.45. The van der Waals surface area contributed by atoms with E-state index >= 15 is 0 Å².